The van der Waals surface area contributed by atoms with Gasteiger partial charge in [0.15, 0.2) is 0 Å². The zero-order valence-corrected chi connectivity index (χ0v) is 10.7. The van der Waals surface area contributed by atoms with Crippen molar-refractivity contribution in [2.45, 2.75) is 19.3 Å². The number of amides is 2. The molecule has 19 heavy (non-hydrogen) atoms. The molecule has 1 heterocycles. The first-order chi connectivity index (χ1) is 9.25. The first kappa shape index (κ1) is 13.5. The van der Waals surface area contributed by atoms with Crippen LogP contribution in [0.5, 0.6) is 0 Å². The first-order valence-electron chi connectivity index (χ1n) is 6.47. The predicted molar refractivity (Wildman–Crippen MR) is 71.9 cm³/mol. The molecule has 0 atom stereocenters. The van der Waals surface area contributed by atoms with Crippen LogP contribution >= 0.6 is 0 Å². The minimum atomic E-state index is -0.188. The number of fused-ring (bicyclic) bond motifs is 1. The van der Waals surface area contributed by atoms with Crippen LogP contribution in [0.15, 0.2) is 36.4 Å². The molecule has 0 spiro atoms. The highest BCUT2D eigenvalue weighted by atomic mass is 16.2. The normalized spacial score (nSPS) is 14.5. The van der Waals surface area contributed by atoms with Crippen LogP contribution in [0.1, 0.15) is 40.0 Å². The molecule has 1 N–H and O–H groups in total. The van der Waals surface area contributed by atoms with E-state index in [1.54, 1.807) is 30.3 Å². The Labute approximate surface area is 112 Å². The Morgan fingerprint density at radius 2 is 1.63 bits per heavy atom. The van der Waals surface area contributed by atoms with Crippen molar-refractivity contribution >= 4 is 11.8 Å². The van der Waals surface area contributed by atoms with Gasteiger partial charge in [0.05, 0.1) is 17.7 Å². The zero-order valence-electron chi connectivity index (χ0n) is 10.7. The smallest absolute Gasteiger partial charge is 0.261 e. The highest BCUT2D eigenvalue weighted by molar-refractivity contribution is 6.21. The largest absolute Gasteiger partial charge is 0.392 e. The van der Waals surface area contributed by atoms with Crippen LogP contribution in [-0.2, 0) is 0 Å². The third kappa shape index (κ3) is 2.90. The van der Waals surface area contributed by atoms with Gasteiger partial charge in [-0.3, -0.25) is 14.5 Å². The quantitative estimate of drug-likeness (QED) is 0.483. The molecule has 0 saturated heterocycles. The van der Waals surface area contributed by atoms with Gasteiger partial charge in [0.2, 0.25) is 0 Å². The summed E-state index contributed by atoms with van der Waals surface area (Å²) < 4.78 is 0. The molecular formula is C15H17NO3. The van der Waals surface area contributed by atoms with Crippen LogP contribution in [0.4, 0.5) is 0 Å². The van der Waals surface area contributed by atoms with Gasteiger partial charge in [-0.25, -0.2) is 0 Å². The fourth-order valence-corrected chi connectivity index (χ4v) is 2.17. The van der Waals surface area contributed by atoms with Crippen molar-refractivity contribution in [2.24, 2.45) is 0 Å². The minimum absolute atomic E-state index is 0.0540. The molecule has 2 rings (SSSR count). The second-order valence-electron chi connectivity index (χ2n) is 4.46. The van der Waals surface area contributed by atoms with Crippen molar-refractivity contribution in [3.8, 4) is 0 Å². The molecule has 4 nitrogen and oxygen atoms in total. The van der Waals surface area contributed by atoms with Crippen LogP contribution in [0, 0.1) is 0 Å². The maximum atomic E-state index is 12.0. The lowest BCUT2D eigenvalue weighted by atomic mass is 10.1. The molecule has 100 valence electrons. The number of carbonyl (C=O) groups is 2. The number of nitrogens with zero attached hydrogens (tertiary/aromatic N) is 1. The van der Waals surface area contributed by atoms with E-state index in [0.29, 0.717) is 17.7 Å². The van der Waals surface area contributed by atoms with Crippen molar-refractivity contribution in [1.29, 1.82) is 0 Å². The van der Waals surface area contributed by atoms with E-state index in [9.17, 15) is 9.59 Å². The molecule has 2 amide bonds. The van der Waals surface area contributed by atoms with E-state index in [0.717, 1.165) is 19.3 Å². The fourth-order valence-electron chi connectivity index (χ4n) is 2.17. The number of hydrogen-bond acceptors (Lipinski definition) is 3. The molecule has 1 aliphatic heterocycles. The Morgan fingerprint density at radius 1 is 1.00 bits per heavy atom. The Bertz CT molecular complexity index is 473. The van der Waals surface area contributed by atoms with E-state index in [2.05, 4.69) is 0 Å². The summed E-state index contributed by atoms with van der Waals surface area (Å²) in [6.45, 7) is 0.512. The van der Waals surface area contributed by atoms with Gasteiger partial charge in [-0.1, -0.05) is 24.3 Å². The van der Waals surface area contributed by atoms with E-state index in [1.807, 2.05) is 6.08 Å². The molecular weight excluding hydrogens is 242 g/mol. The standard InChI is InChI=1S/C15H17NO3/c17-11-7-3-1-2-6-10-16-14(18)12-8-4-5-9-13(12)15(16)19/h3-5,7-9,17H,1-2,6,10-11H2/b7-3-. The number of rotatable bonds is 6. The summed E-state index contributed by atoms with van der Waals surface area (Å²) in [5.41, 5.74) is 1.01. The second-order valence-corrected chi connectivity index (χ2v) is 4.46. The monoisotopic (exact) mass is 259 g/mol. The molecule has 0 fully saturated rings. The van der Waals surface area contributed by atoms with E-state index in [1.165, 1.54) is 4.90 Å². The number of hydrogen-bond donors (Lipinski definition) is 1. The maximum Gasteiger partial charge on any atom is 0.261 e. The van der Waals surface area contributed by atoms with Gasteiger partial charge in [0, 0.05) is 6.54 Å². The lowest BCUT2D eigenvalue weighted by Gasteiger charge is -2.12. The molecule has 0 aliphatic carbocycles. The SMILES string of the molecule is O=C1c2ccccc2C(=O)N1CCCC/C=C\CO. The summed E-state index contributed by atoms with van der Waals surface area (Å²) in [6, 6.07) is 6.93. The fraction of sp³-hybridized carbons (Fsp3) is 0.333. The van der Waals surface area contributed by atoms with Crippen molar-refractivity contribution in [2.75, 3.05) is 13.2 Å². The van der Waals surface area contributed by atoms with E-state index >= 15 is 0 Å². The van der Waals surface area contributed by atoms with Crippen LogP contribution < -0.4 is 0 Å². The van der Waals surface area contributed by atoms with Gasteiger partial charge in [-0.15, -0.1) is 0 Å². The van der Waals surface area contributed by atoms with E-state index in [4.69, 9.17) is 5.11 Å². The van der Waals surface area contributed by atoms with Crippen LogP contribution in [0.2, 0.25) is 0 Å². The number of unbranched alkanes of at least 4 members (excludes halogenated alkanes) is 2. The summed E-state index contributed by atoms with van der Waals surface area (Å²) in [4.78, 5) is 25.4. The van der Waals surface area contributed by atoms with Gasteiger partial charge in [0.1, 0.15) is 0 Å². The molecule has 0 radical (unpaired) electrons. The first-order valence-corrected chi connectivity index (χ1v) is 6.47. The van der Waals surface area contributed by atoms with E-state index < -0.39 is 0 Å². The van der Waals surface area contributed by atoms with Gasteiger partial charge in [-0.2, -0.15) is 0 Å². The number of benzene rings is 1. The highest BCUT2D eigenvalue weighted by Crippen LogP contribution is 2.22. The average Bonchev–Trinajstić information content (AvgIpc) is 2.68. The zero-order chi connectivity index (χ0) is 13.7. The predicted octanol–water partition coefficient (Wildman–Crippen LogP) is 2.00. The summed E-state index contributed by atoms with van der Waals surface area (Å²) in [5.74, 6) is -0.377. The van der Waals surface area contributed by atoms with Gasteiger partial charge >= 0.3 is 0 Å². The van der Waals surface area contributed by atoms with E-state index in [-0.39, 0.29) is 18.4 Å². The van der Waals surface area contributed by atoms with Gasteiger partial charge in [-0.05, 0) is 31.4 Å². The van der Waals surface area contributed by atoms with Crippen molar-refractivity contribution in [3.05, 3.63) is 47.5 Å². The number of allylic oxidation sites excluding steroid dienone is 1. The molecule has 0 aromatic heterocycles. The molecule has 0 bridgehead atoms. The van der Waals surface area contributed by atoms with Crippen LogP contribution in [0.3, 0.4) is 0 Å². The Morgan fingerprint density at radius 3 is 2.21 bits per heavy atom. The third-order valence-electron chi connectivity index (χ3n) is 3.15. The molecule has 1 aromatic rings. The number of carbonyl (C=O) groups excluding carboxylic acids is 2. The molecule has 4 heteroatoms. The number of aliphatic hydroxyl groups is 1. The lowest BCUT2D eigenvalue weighted by molar-refractivity contribution is 0.0652. The summed E-state index contributed by atoms with van der Waals surface area (Å²) in [5, 5.41) is 8.58. The maximum absolute atomic E-state index is 12.0. The summed E-state index contributed by atoms with van der Waals surface area (Å²) in [7, 11) is 0. The topological polar surface area (TPSA) is 57.6 Å². The molecule has 1 aromatic carbocycles. The Kier molecular flexibility index (Phi) is 4.47. The number of imide groups is 1. The molecule has 0 unspecified atom stereocenters. The highest BCUT2D eigenvalue weighted by Gasteiger charge is 2.34. The summed E-state index contributed by atoms with van der Waals surface area (Å²) >= 11 is 0. The van der Waals surface area contributed by atoms with Crippen molar-refractivity contribution in [1.82, 2.24) is 4.90 Å². The Hall–Kier alpha value is -1.94. The van der Waals surface area contributed by atoms with Crippen LogP contribution in [-0.4, -0.2) is 35.0 Å². The van der Waals surface area contributed by atoms with Crippen molar-refractivity contribution in [3.63, 3.8) is 0 Å². The van der Waals surface area contributed by atoms with Gasteiger partial charge in [0.25, 0.3) is 11.8 Å². The van der Waals surface area contributed by atoms with Gasteiger partial charge < -0.3 is 5.11 Å². The third-order valence-corrected chi connectivity index (χ3v) is 3.15. The Balaban J connectivity index is 1.88. The molecule has 1 aliphatic rings. The molecule has 0 saturated carbocycles. The second kappa shape index (κ2) is 6.29. The van der Waals surface area contributed by atoms with Crippen molar-refractivity contribution < 1.29 is 14.7 Å². The number of aliphatic hydroxyl groups excluding tert-OH is 1. The minimum Gasteiger partial charge on any atom is -0.392 e. The average molecular weight is 259 g/mol. The van der Waals surface area contributed by atoms with Crippen LogP contribution in [0.25, 0.3) is 0 Å². The summed E-state index contributed by atoms with van der Waals surface area (Å²) in [6.07, 6.45) is 6.12. The lowest BCUT2D eigenvalue weighted by Crippen LogP contribution is -2.30.